The van der Waals surface area contributed by atoms with Crippen molar-refractivity contribution in [3.05, 3.63) is 0 Å². The third kappa shape index (κ3) is 53.7. The van der Waals surface area contributed by atoms with E-state index in [0.29, 0.717) is 6.42 Å². The fourth-order valence-electron chi connectivity index (χ4n) is 8.91. The Morgan fingerprint density at radius 1 is 0.344 bits per heavy atom. The molecule has 0 aromatic rings. The molecule has 1 unspecified atom stereocenters. The summed E-state index contributed by atoms with van der Waals surface area (Å²) in [5, 5.41) is 0. The molecule has 0 saturated carbocycles. The van der Waals surface area contributed by atoms with E-state index >= 15 is 0 Å². The molecule has 0 rings (SSSR count). The molecule has 9 heteroatoms. The topological polar surface area (TPSA) is 119 Å². The quantitative estimate of drug-likeness (QED) is 0.0352. The van der Waals surface area contributed by atoms with Crippen molar-refractivity contribution in [3.63, 3.8) is 0 Å². The van der Waals surface area contributed by atoms with E-state index in [1.54, 1.807) is 0 Å². The predicted molar refractivity (Wildman–Crippen MR) is 272 cm³/mol. The second-order valence-corrected chi connectivity index (χ2v) is 20.9. The number of carbonyl (C=O) groups excluding carboxylic acids is 2. The zero-order valence-corrected chi connectivity index (χ0v) is 43.6. The number of carbonyl (C=O) groups is 2. The maximum Gasteiger partial charge on any atom is 0.469 e. The van der Waals surface area contributed by atoms with Crippen LogP contribution in [0.1, 0.15) is 322 Å². The van der Waals surface area contributed by atoms with Crippen molar-refractivity contribution in [2.45, 2.75) is 328 Å². The van der Waals surface area contributed by atoms with E-state index in [0.717, 1.165) is 32.1 Å². The molecule has 382 valence electrons. The van der Waals surface area contributed by atoms with Crippen molar-refractivity contribution >= 4 is 19.8 Å². The molecule has 0 saturated heterocycles. The largest absolute Gasteiger partial charge is 0.469 e. The lowest BCUT2D eigenvalue weighted by Crippen LogP contribution is -2.29. The lowest BCUT2D eigenvalue weighted by atomic mass is 10.0. The molecule has 0 amide bonds. The average Bonchev–Trinajstić information content (AvgIpc) is 3.27. The molecule has 0 fully saturated rings. The Balaban J connectivity index is 3.70. The Labute approximate surface area is 397 Å². The van der Waals surface area contributed by atoms with Gasteiger partial charge in [-0.2, -0.15) is 0 Å². The molecule has 0 aliphatic heterocycles. The summed E-state index contributed by atoms with van der Waals surface area (Å²) in [6, 6.07) is 0. The highest BCUT2D eigenvalue weighted by Crippen LogP contribution is 2.36. The van der Waals surface area contributed by atoms with Gasteiger partial charge in [0.15, 0.2) is 6.10 Å². The van der Waals surface area contributed by atoms with Crippen molar-refractivity contribution in [1.29, 1.82) is 0 Å². The molecule has 0 aromatic heterocycles. The van der Waals surface area contributed by atoms with Gasteiger partial charge >= 0.3 is 19.8 Å². The zero-order chi connectivity index (χ0) is 46.7. The van der Waals surface area contributed by atoms with Gasteiger partial charge < -0.3 is 19.3 Å². The molecule has 0 aliphatic rings. The van der Waals surface area contributed by atoms with Gasteiger partial charge in [-0.3, -0.25) is 14.1 Å². The van der Waals surface area contributed by atoms with Gasteiger partial charge in [-0.25, -0.2) is 4.57 Å². The number of phosphoric acid groups is 1. The van der Waals surface area contributed by atoms with E-state index in [2.05, 4.69) is 18.4 Å². The van der Waals surface area contributed by atoms with Gasteiger partial charge in [0.1, 0.15) is 6.61 Å². The molecule has 64 heavy (non-hydrogen) atoms. The van der Waals surface area contributed by atoms with Crippen molar-refractivity contribution in [3.8, 4) is 0 Å². The second-order valence-electron chi connectivity index (χ2n) is 19.6. The van der Waals surface area contributed by atoms with Crippen LogP contribution in [0.4, 0.5) is 0 Å². The molecule has 8 nitrogen and oxygen atoms in total. The highest BCUT2D eigenvalue weighted by molar-refractivity contribution is 7.46. The number of unbranched alkanes of at least 4 members (excludes halogenated alkanes) is 44. The van der Waals surface area contributed by atoms with Gasteiger partial charge in [0.2, 0.25) is 0 Å². The summed E-state index contributed by atoms with van der Waals surface area (Å²) in [5.41, 5.74) is 0. The minimum Gasteiger partial charge on any atom is -0.462 e. The second kappa shape index (κ2) is 51.4. The van der Waals surface area contributed by atoms with Crippen LogP contribution < -0.4 is 0 Å². The van der Waals surface area contributed by atoms with Crippen LogP contribution in [-0.4, -0.2) is 41.0 Å². The minimum atomic E-state index is -4.76. The van der Waals surface area contributed by atoms with E-state index in [-0.39, 0.29) is 19.4 Å². The molecule has 0 aliphatic carbocycles. The highest BCUT2D eigenvalue weighted by Gasteiger charge is 2.23. The summed E-state index contributed by atoms with van der Waals surface area (Å²) >= 11 is 0. The SMILES string of the molecule is CCCCCCCCCCCCCCCCCCCCCCCCCCC(=O)OC(COC(=O)CCCCCCCCCCCCCCCCCCCCCCCC)COP(=O)(O)O. The molecule has 2 N–H and O–H groups in total. The Kier molecular flexibility index (Phi) is 50.7. The summed E-state index contributed by atoms with van der Waals surface area (Å²) in [4.78, 5) is 43.2. The van der Waals surface area contributed by atoms with Crippen molar-refractivity contribution in [2.24, 2.45) is 0 Å². The van der Waals surface area contributed by atoms with Crippen LogP contribution in [0.15, 0.2) is 0 Å². The van der Waals surface area contributed by atoms with Crippen molar-refractivity contribution in [1.82, 2.24) is 0 Å². The molecule has 0 aromatic carbocycles. The lowest BCUT2D eigenvalue weighted by Gasteiger charge is -2.18. The predicted octanol–water partition coefficient (Wildman–Crippen LogP) is 18.3. The number of hydrogen-bond donors (Lipinski definition) is 2. The first kappa shape index (κ1) is 63.0. The first-order valence-electron chi connectivity index (χ1n) is 28.3. The third-order valence-electron chi connectivity index (χ3n) is 13.1. The molecule has 1 atom stereocenters. The van der Waals surface area contributed by atoms with Crippen LogP contribution >= 0.6 is 7.82 Å². The summed E-state index contributed by atoms with van der Waals surface area (Å²) in [5.74, 6) is -0.857. The van der Waals surface area contributed by atoms with Crippen LogP contribution in [0, 0.1) is 0 Å². The number of rotatable bonds is 54. The normalized spacial score (nSPS) is 12.2. The minimum absolute atomic E-state index is 0.221. The van der Waals surface area contributed by atoms with Crippen LogP contribution in [0.5, 0.6) is 0 Å². The molecular weight excluding hydrogens is 820 g/mol. The summed E-state index contributed by atoms with van der Waals surface area (Å²) in [6.07, 6.45) is 60.0. The monoisotopic (exact) mass is 929 g/mol. The smallest absolute Gasteiger partial charge is 0.462 e. The number of ether oxygens (including phenoxy) is 2. The van der Waals surface area contributed by atoms with Gasteiger partial charge in [-0.15, -0.1) is 0 Å². The van der Waals surface area contributed by atoms with Crippen molar-refractivity contribution in [2.75, 3.05) is 13.2 Å². The van der Waals surface area contributed by atoms with E-state index in [4.69, 9.17) is 19.3 Å². The lowest BCUT2D eigenvalue weighted by molar-refractivity contribution is -0.161. The van der Waals surface area contributed by atoms with Gasteiger partial charge in [0.25, 0.3) is 0 Å². The average molecular weight is 929 g/mol. The molecule has 0 bridgehead atoms. The third-order valence-corrected chi connectivity index (χ3v) is 13.6. The fourth-order valence-corrected chi connectivity index (χ4v) is 9.27. The van der Waals surface area contributed by atoms with Crippen LogP contribution in [0.25, 0.3) is 0 Å². The van der Waals surface area contributed by atoms with Gasteiger partial charge in [0, 0.05) is 12.8 Å². The Morgan fingerprint density at radius 3 is 0.797 bits per heavy atom. The van der Waals surface area contributed by atoms with Gasteiger partial charge in [-0.05, 0) is 12.8 Å². The first-order valence-corrected chi connectivity index (χ1v) is 29.9. The standard InChI is InChI=1S/C55H109O8P/c1-3-5-7-9-11-13-15-17-19-21-23-25-27-28-30-32-34-36-38-40-42-44-46-48-50-55(57)63-53(52-62-64(58,59)60)51-61-54(56)49-47-45-43-41-39-37-35-33-31-29-26-24-22-20-18-16-14-12-10-8-6-4-2/h53H,3-52H2,1-2H3,(H2,58,59,60). The molecule has 0 heterocycles. The highest BCUT2D eigenvalue weighted by atomic mass is 31.2. The zero-order valence-electron chi connectivity index (χ0n) is 42.7. The molecule has 0 radical (unpaired) electrons. The van der Waals surface area contributed by atoms with Gasteiger partial charge in [-0.1, -0.05) is 296 Å². The van der Waals surface area contributed by atoms with Crippen LogP contribution in [0.2, 0.25) is 0 Å². The Hall–Kier alpha value is -0.950. The molecule has 0 spiro atoms. The Bertz CT molecular complexity index is 1000. The van der Waals surface area contributed by atoms with Crippen LogP contribution in [-0.2, 0) is 28.2 Å². The van der Waals surface area contributed by atoms with Gasteiger partial charge in [0.05, 0.1) is 6.61 Å². The Morgan fingerprint density at radius 2 is 0.562 bits per heavy atom. The fraction of sp³-hybridized carbons (Fsp3) is 0.964. The maximum absolute atomic E-state index is 12.5. The summed E-state index contributed by atoms with van der Waals surface area (Å²) in [7, 11) is -4.76. The number of hydrogen-bond acceptors (Lipinski definition) is 6. The van der Waals surface area contributed by atoms with Crippen molar-refractivity contribution < 1.29 is 37.9 Å². The number of phosphoric ester groups is 1. The van der Waals surface area contributed by atoms with E-state index in [1.165, 1.54) is 257 Å². The first-order chi connectivity index (χ1) is 31.3. The molecular formula is C55H109O8P. The van der Waals surface area contributed by atoms with Crippen LogP contribution in [0.3, 0.4) is 0 Å². The van der Waals surface area contributed by atoms with E-state index in [1.807, 2.05) is 0 Å². The summed E-state index contributed by atoms with van der Waals surface area (Å²) in [6.45, 7) is 3.77. The van der Waals surface area contributed by atoms with E-state index < -0.39 is 32.5 Å². The maximum atomic E-state index is 12.5. The summed E-state index contributed by atoms with van der Waals surface area (Å²) < 4.78 is 26.6. The number of esters is 2. The van der Waals surface area contributed by atoms with E-state index in [9.17, 15) is 14.2 Å².